The fraction of sp³-hybridized carbons (Fsp3) is 0.375. The van der Waals surface area contributed by atoms with Gasteiger partial charge in [-0.2, -0.15) is 8.42 Å². The van der Waals surface area contributed by atoms with Crippen LogP contribution in [0, 0.1) is 5.41 Å². The van der Waals surface area contributed by atoms with Crippen LogP contribution in [0.5, 0.6) is 0 Å². The number of nitrogens with zero attached hydrogens (tertiary/aromatic N) is 4. The molecule has 0 atom stereocenters. The van der Waals surface area contributed by atoms with E-state index in [1.165, 1.54) is 12.8 Å². The van der Waals surface area contributed by atoms with Gasteiger partial charge < -0.3 is 10.7 Å². The monoisotopic (exact) mass is 482 g/mol. The maximum atomic E-state index is 9.19. The van der Waals surface area contributed by atoms with E-state index in [4.69, 9.17) is 20.3 Å². The first-order valence-electron chi connectivity index (χ1n) is 11.1. The van der Waals surface area contributed by atoms with Crippen LogP contribution in [0.1, 0.15) is 45.4 Å². The number of H-pyrrole nitrogens is 1. The second-order valence-electron chi connectivity index (χ2n) is 9.88. The highest BCUT2D eigenvalue weighted by atomic mass is 32.2. The van der Waals surface area contributed by atoms with Crippen molar-refractivity contribution in [3.63, 3.8) is 0 Å². The molecule has 10 heteroatoms. The molecule has 1 fully saturated rings. The molecule has 1 aromatic carbocycles. The van der Waals surface area contributed by atoms with E-state index in [1.54, 1.807) is 0 Å². The SMILES string of the molecule is CC(C)(C)Cn1c(N)nc2ccc(-c3[nH]c(C4CC4)nc3-c3ccccc3)nc21.CS(=O)(=O)O. The van der Waals surface area contributed by atoms with Crippen LogP contribution in [0.2, 0.25) is 0 Å². The Balaban J connectivity index is 0.000000499. The van der Waals surface area contributed by atoms with E-state index in [-0.39, 0.29) is 5.41 Å². The zero-order valence-electron chi connectivity index (χ0n) is 19.8. The van der Waals surface area contributed by atoms with E-state index in [9.17, 15) is 8.42 Å². The standard InChI is InChI=1S/C23H26N6.CH4O3S/c1-23(2,3)13-29-21-17(26-22(29)24)12-11-16(25-21)19-18(14-7-5-4-6-8-14)27-20(28-19)15-9-10-15;1-5(2,3)4/h4-8,11-12,15H,9-10,13H2,1-3H3,(H2,24,26)(H,27,28);1H3,(H,2,3,4). The van der Waals surface area contributed by atoms with E-state index >= 15 is 0 Å². The quantitative estimate of drug-likeness (QED) is 0.364. The van der Waals surface area contributed by atoms with Gasteiger partial charge >= 0.3 is 0 Å². The van der Waals surface area contributed by atoms with Gasteiger partial charge in [0.05, 0.1) is 23.3 Å². The zero-order valence-corrected chi connectivity index (χ0v) is 20.6. The number of hydrogen-bond acceptors (Lipinski definition) is 6. The summed E-state index contributed by atoms with van der Waals surface area (Å²) in [6.07, 6.45) is 3.11. The molecule has 3 heterocycles. The van der Waals surface area contributed by atoms with E-state index in [0.717, 1.165) is 46.2 Å². The summed E-state index contributed by atoms with van der Waals surface area (Å²) in [4.78, 5) is 18.0. The highest BCUT2D eigenvalue weighted by Gasteiger charge is 2.29. The number of hydrogen-bond donors (Lipinski definition) is 3. The lowest BCUT2D eigenvalue weighted by molar-refractivity contribution is 0.350. The summed E-state index contributed by atoms with van der Waals surface area (Å²) in [6, 6.07) is 14.3. The number of anilines is 1. The van der Waals surface area contributed by atoms with E-state index in [1.807, 2.05) is 34.9 Å². The Morgan fingerprint density at radius 2 is 1.74 bits per heavy atom. The molecule has 0 unspecified atom stereocenters. The molecule has 180 valence electrons. The number of aromatic amines is 1. The van der Waals surface area contributed by atoms with Gasteiger partial charge in [-0.1, -0.05) is 51.1 Å². The molecule has 3 aromatic heterocycles. The second-order valence-corrected chi connectivity index (χ2v) is 11.3. The van der Waals surface area contributed by atoms with E-state index in [0.29, 0.717) is 18.1 Å². The minimum Gasteiger partial charge on any atom is -0.369 e. The van der Waals surface area contributed by atoms with Crippen LogP contribution in [0.4, 0.5) is 5.95 Å². The summed E-state index contributed by atoms with van der Waals surface area (Å²) >= 11 is 0. The van der Waals surface area contributed by atoms with Gasteiger partial charge in [0.25, 0.3) is 10.1 Å². The molecule has 0 saturated heterocycles. The van der Waals surface area contributed by atoms with Gasteiger partial charge in [-0.15, -0.1) is 0 Å². The third-order valence-corrected chi connectivity index (χ3v) is 5.24. The van der Waals surface area contributed by atoms with Crippen molar-refractivity contribution in [1.29, 1.82) is 0 Å². The van der Waals surface area contributed by atoms with Crippen LogP contribution in [-0.4, -0.2) is 43.7 Å². The molecule has 1 aliphatic carbocycles. The molecule has 0 aliphatic heterocycles. The summed E-state index contributed by atoms with van der Waals surface area (Å²) in [5.41, 5.74) is 11.8. The van der Waals surface area contributed by atoms with Crippen LogP contribution in [-0.2, 0) is 16.7 Å². The molecule has 1 aliphatic rings. The Morgan fingerprint density at radius 3 is 2.32 bits per heavy atom. The van der Waals surface area contributed by atoms with Gasteiger partial charge in [0.1, 0.15) is 11.3 Å². The largest absolute Gasteiger partial charge is 0.369 e. The number of pyridine rings is 1. The Labute approximate surface area is 199 Å². The summed E-state index contributed by atoms with van der Waals surface area (Å²) in [5.74, 6) is 2.10. The van der Waals surface area contributed by atoms with Gasteiger partial charge in [0, 0.05) is 18.0 Å². The van der Waals surface area contributed by atoms with Gasteiger partial charge in [-0.05, 0) is 30.4 Å². The Morgan fingerprint density at radius 1 is 1.09 bits per heavy atom. The third-order valence-electron chi connectivity index (χ3n) is 5.24. The van der Waals surface area contributed by atoms with Crippen LogP contribution in [0.15, 0.2) is 42.5 Å². The number of fused-ring (bicyclic) bond motifs is 1. The predicted octanol–water partition coefficient (Wildman–Crippen LogP) is 4.50. The molecule has 0 bridgehead atoms. The van der Waals surface area contributed by atoms with E-state index in [2.05, 4.69) is 42.9 Å². The second kappa shape index (κ2) is 8.84. The summed E-state index contributed by atoms with van der Waals surface area (Å²) in [7, 11) is -3.67. The molecule has 0 spiro atoms. The van der Waals surface area contributed by atoms with Crippen molar-refractivity contribution in [3.8, 4) is 22.6 Å². The summed E-state index contributed by atoms with van der Waals surface area (Å²) in [6.45, 7) is 7.32. The lowest BCUT2D eigenvalue weighted by Gasteiger charge is -2.19. The Hall–Kier alpha value is -3.24. The van der Waals surface area contributed by atoms with Gasteiger partial charge in [0.2, 0.25) is 5.95 Å². The fourth-order valence-electron chi connectivity index (χ4n) is 3.72. The van der Waals surface area contributed by atoms with Crippen molar-refractivity contribution >= 4 is 27.2 Å². The van der Waals surface area contributed by atoms with Crippen molar-refractivity contribution in [2.24, 2.45) is 5.41 Å². The summed E-state index contributed by atoms with van der Waals surface area (Å²) < 4.78 is 27.9. The minimum atomic E-state index is -3.67. The van der Waals surface area contributed by atoms with Crippen molar-refractivity contribution in [2.45, 2.75) is 46.1 Å². The smallest absolute Gasteiger partial charge is 0.261 e. The number of nitrogens with two attached hydrogens (primary N) is 1. The zero-order chi connectivity index (χ0) is 24.7. The lowest BCUT2D eigenvalue weighted by Crippen LogP contribution is -2.17. The third kappa shape index (κ3) is 5.81. The van der Waals surface area contributed by atoms with Crippen LogP contribution in [0.3, 0.4) is 0 Å². The molecule has 34 heavy (non-hydrogen) atoms. The minimum absolute atomic E-state index is 0.0712. The van der Waals surface area contributed by atoms with Crippen molar-refractivity contribution in [3.05, 3.63) is 48.3 Å². The highest BCUT2D eigenvalue weighted by Crippen LogP contribution is 2.41. The van der Waals surface area contributed by atoms with E-state index < -0.39 is 10.1 Å². The number of benzene rings is 1. The Kier molecular flexibility index (Phi) is 6.22. The number of nitrogen functional groups attached to an aromatic ring is 1. The molecule has 4 aromatic rings. The van der Waals surface area contributed by atoms with Crippen LogP contribution in [0.25, 0.3) is 33.8 Å². The molecule has 9 nitrogen and oxygen atoms in total. The predicted molar refractivity (Wildman–Crippen MR) is 134 cm³/mol. The Bertz CT molecular complexity index is 1410. The maximum Gasteiger partial charge on any atom is 0.261 e. The lowest BCUT2D eigenvalue weighted by atomic mass is 9.97. The molecule has 0 amide bonds. The van der Waals surface area contributed by atoms with Crippen molar-refractivity contribution in [1.82, 2.24) is 24.5 Å². The van der Waals surface area contributed by atoms with Gasteiger partial charge in [-0.25, -0.2) is 15.0 Å². The maximum absolute atomic E-state index is 9.19. The highest BCUT2D eigenvalue weighted by molar-refractivity contribution is 7.85. The topological polar surface area (TPSA) is 140 Å². The number of aromatic nitrogens is 5. The average molecular weight is 483 g/mol. The molecular formula is C24H30N6O3S. The van der Waals surface area contributed by atoms with Crippen LogP contribution >= 0.6 is 0 Å². The normalized spacial score (nSPS) is 14.1. The fourth-order valence-corrected chi connectivity index (χ4v) is 3.72. The first-order chi connectivity index (χ1) is 15.9. The molecule has 4 N–H and O–H groups in total. The first-order valence-corrected chi connectivity index (χ1v) is 12.9. The average Bonchev–Trinajstić information content (AvgIpc) is 3.42. The molecule has 1 saturated carbocycles. The van der Waals surface area contributed by atoms with Gasteiger partial charge in [-0.3, -0.25) is 9.12 Å². The van der Waals surface area contributed by atoms with Gasteiger partial charge in [0.15, 0.2) is 5.65 Å². The molecular weight excluding hydrogens is 452 g/mol. The van der Waals surface area contributed by atoms with Crippen LogP contribution < -0.4 is 5.73 Å². The molecule has 0 radical (unpaired) electrons. The summed E-state index contributed by atoms with van der Waals surface area (Å²) in [5, 5.41) is 0. The molecule has 5 rings (SSSR count). The van der Waals surface area contributed by atoms with Crippen molar-refractivity contribution in [2.75, 3.05) is 12.0 Å². The number of rotatable bonds is 4. The first kappa shape index (κ1) is 23.9. The number of imidazole rings is 2. The van der Waals surface area contributed by atoms with Crippen molar-refractivity contribution < 1.29 is 13.0 Å². The number of nitrogens with one attached hydrogen (secondary N) is 1.